The highest BCUT2D eigenvalue weighted by Gasteiger charge is 2.20. The van der Waals surface area contributed by atoms with E-state index in [0.717, 1.165) is 60.5 Å². The van der Waals surface area contributed by atoms with E-state index in [4.69, 9.17) is 21.3 Å². The molecule has 1 saturated heterocycles. The number of nitrogens with zero attached hydrogens (tertiary/aromatic N) is 5. The monoisotopic (exact) mass is 451 g/mol. The molecule has 2 aromatic carbocycles. The minimum Gasteiger partial charge on any atom is -0.494 e. The predicted octanol–water partition coefficient (Wildman–Crippen LogP) is 4.26. The molecule has 2 aromatic heterocycles. The fourth-order valence-corrected chi connectivity index (χ4v) is 4.56. The molecule has 0 bridgehead atoms. The highest BCUT2D eigenvalue weighted by atomic mass is 35.5. The molecule has 4 aromatic rings. The lowest BCUT2D eigenvalue weighted by Crippen LogP contribution is -2.35. The topological polar surface area (TPSA) is 75.8 Å². The van der Waals surface area contributed by atoms with Gasteiger partial charge in [0.25, 0.3) is 0 Å². The second kappa shape index (κ2) is 8.65. The van der Waals surface area contributed by atoms with Crippen LogP contribution in [0.5, 0.6) is 5.75 Å². The molecule has 5 rings (SSSR count). The third kappa shape index (κ3) is 3.92. The van der Waals surface area contributed by atoms with Crippen molar-refractivity contribution in [2.24, 2.45) is 0 Å². The van der Waals surface area contributed by atoms with Gasteiger partial charge in [-0.15, -0.1) is 10.2 Å². The maximum atomic E-state index is 9.80. The number of piperidine rings is 1. The van der Waals surface area contributed by atoms with Gasteiger partial charge in [-0.2, -0.15) is 0 Å². The average molecular weight is 452 g/mol. The first kappa shape index (κ1) is 21.1. The van der Waals surface area contributed by atoms with Gasteiger partial charge in [0, 0.05) is 25.2 Å². The van der Waals surface area contributed by atoms with E-state index >= 15 is 0 Å². The summed E-state index contributed by atoms with van der Waals surface area (Å²) in [5.74, 6) is 1.41. The Bertz CT molecular complexity index is 1280. The number of likely N-dealkylation sites (tertiary alicyclic amines) is 1. The van der Waals surface area contributed by atoms with Gasteiger partial charge in [0.05, 0.1) is 34.5 Å². The van der Waals surface area contributed by atoms with Crippen LogP contribution in [0.1, 0.15) is 31.0 Å². The number of halogens is 1. The zero-order valence-electron chi connectivity index (χ0n) is 18.3. The van der Waals surface area contributed by atoms with Crippen LogP contribution in [0.4, 0.5) is 0 Å². The number of aliphatic hydroxyl groups is 1. The molecular formula is C24H26ClN5O2. The van der Waals surface area contributed by atoms with E-state index in [1.54, 1.807) is 0 Å². The molecule has 1 aliphatic rings. The van der Waals surface area contributed by atoms with Crippen LogP contribution < -0.4 is 4.74 Å². The Balaban J connectivity index is 1.63. The molecular weight excluding hydrogens is 426 g/mol. The SMILES string of the molecule is CCOc1ccc(Cl)c(-c2nnc3c(C)nc4ccc(CN5CCC(O)CC5)cc4n23)c1. The summed E-state index contributed by atoms with van der Waals surface area (Å²) < 4.78 is 7.72. The maximum absolute atomic E-state index is 9.80. The van der Waals surface area contributed by atoms with Crippen molar-refractivity contribution in [1.82, 2.24) is 24.5 Å². The molecule has 0 unspecified atom stereocenters. The van der Waals surface area contributed by atoms with Crippen LogP contribution in [-0.4, -0.2) is 55.4 Å². The smallest absolute Gasteiger partial charge is 0.183 e. The largest absolute Gasteiger partial charge is 0.494 e. The van der Waals surface area contributed by atoms with Crippen LogP contribution in [0.3, 0.4) is 0 Å². The first-order valence-corrected chi connectivity index (χ1v) is 11.4. The summed E-state index contributed by atoms with van der Waals surface area (Å²) in [7, 11) is 0. The van der Waals surface area contributed by atoms with Crippen LogP contribution in [-0.2, 0) is 6.54 Å². The van der Waals surface area contributed by atoms with Crippen LogP contribution >= 0.6 is 11.6 Å². The zero-order chi connectivity index (χ0) is 22.2. The van der Waals surface area contributed by atoms with Gasteiger partial charge in [0.1, 0.15) is 5.75 Å². The van der Waals surface area contributed by atoms with Crippen molar-refractivity contribution in [3.63, 3.8) is 0 Å². The van der Waals surface area contributed by atoms with Crippen molar-refractivity contribution in [3.8, 4) is 17.1 Å². The second-order valence-electron chi connectivity index (χ2n) is 8.28. The van der Waals surface area contributed by atoms with Crippen molar-refractivity contribution >= 4 is 28.3 Å². The third-order valence-electron chi connectivity index (χ3n) is 6.01. The number of aromatic nitrogens is 4. The fraction of sp³-hybridized carbons (Fsp3) is 0.375. The Kier molecular flexibility index (Phi) is 5.71. The van der Waals surface area contributed by atoms with Crippen molar-refractivity contribution in [2.45, 2.75) is 39.3 Å². The van der Waals surface area contributed by atoms with Crippen LogP contribution in [0.2, 0.25) is 5.02 Å². The van der Waals surface area contributed by atoms with E-state index in [-0.39, 0.29) is 6.10 Å². The first-order chi connectivity index (χ1) is 15.5. The molecule has 8 heteroatoms. The molecule has 0 aliphatic carbocycles. The zero-order valence-corrected chi connectivity index (χ0v) is 19.0. The summed E-state index contributed by atoms with van der Waals surface area (Å²) in [5.41, 5.74) is 5.31. The number of rotatable bonds is 5. The molecule has 0 amide bonds. The average Bonchev–Trinajstić information content (AvgIpc) is 3.23. The van der Waals surface area contributed by atoms with Gasteiger partial charge in [-0.25, -0.2) is 4.98 Å². The minimum atomic E-state index is -0.175. The molecule has 1 N–H and O–H groups in total. The van der Waals surface area contributed by atoms with Crippen molar-refractivity contribution in [2.75, 3.05) is 19.7 Å². The normalized spacial score (nSPS) is 15.6. The molecule has 1 fully saturated rings. The van der Waals surface area contributed by atoms with Gasteiger partial charge in [-0.05, 0) is 62.6 Å². The second-order valence-corrected chi connectivity index (χ2v) is 8.69. The summed E-state index contributed by atoms with van der Waals surface area (Å²) in [6.07, 6.45) is 1.47. The molecule has 7 nitrogen and oxygen atoms in total. The number of hydrogen-bond donors (Lipinski definition) is 1. The van der Waals surface area contributed by atoms with Crippen molar-refractivity contribution in [1.29, 1.82) is 0 Å². The summed E-state index contributed by atoms with van der Waals surface area (Å²) >= 11 is 6.57. The lowest BCUT2D eigenvalue weighted by atomic mass is 10.1. The molecule has 0 radical (unpaired) electrons. The van der Waals surface area contributed by atoms with E-state index in [1.807, 2.05) is 36.4 Å². The minimum absolute atomic E-state index is 0.175. The van der Waals surface area contributed by atoms with E-state index in [0.29, 0.717) is 23.1 Å². The van der Waals surface area contributed by atoms with Crippen LogP contribution in [0.15, 0.2) is 36.4 Å². The fourth-order valence-electron chi connectivity index (χ4n) is 4.36. The molecule has 166 valence electrons. The molecule has 0 spiro atoms. The molecule has 32 heavy (non-hydrogen) atoms. The van der Waals surface area contributed by atoms with Gasteiger partial charge in [0.2, 0.25) is 0 Å². The molecule has 0 atom stereocenters. The third-order valence-corrected chi connectivity index (χ3v) is 6.34. The van der Waals surface area contributed by atoms with Crippen LogP contribution in [0, 0.1) is 6.92 Å². The van der Waals surface area contributed by atoms with E-state index in [9.17, 15) is 5.11 Å². The van der Waals surface area contributed by atoms with Gasteiger partial charge >= 0.3 is 0 Å². The van der Waals surface area contributed by atoms with Crippen LogP contribution in [0.25, 0.3) is 28.1 Å². The standard InChI is InChI=1S/C24H26ClN5O2/c1-3-32-18-5-6-20(25)19(13-18)24-28-27-23-15(2)26-21-7-4-16(12-22(21)30(23)24)14-29-10-8-17(31)9-11-29/h4-7,12-13,17,31H,3,8-11,14H2,1-2H3. The number of hydrogen-bond acceptors (Lipinski definition) is 6. The number of aryl methyl sites for hydroxylation is 1. The van der Waals surface area contributed by atoms with E-state index in [2.05, 4.69) is 33.3 Å². The number of benzene rings is 2. The molecule has 3 heterocycles. The Morgan fingerprint density at radius 2 is 1.94 bits per heavy atom. The maximum Gasteiger partial charge on any atom is 0.183 e. The Hall–Kier alpha value is -2.74. The Labute approximate surface area is 191 Å². The van der Waals surface area contributed by atoms with E-state index in [1.165, 1.54) is 5.56 Å². The molecule has 0 saturated carbocycles. The number of aliphatic hydroxyl groups excluding tert-OH is 1. The highest BCUT2D eigenvalue weighted by molar-refractivity contribution is 6.33. The number of fused-ring (bicyclic) bond motifs is 3. The van der Waals surface area contributed by atoms with Gasteiger partial charge in [0.15, 0.2) is 11.5 Å². The van der Waals surface area contributed by atoms with Crippen molar-refractivity contribution in [3.05, 3.63) is 52.7 Å². The summed E-state index contributed by atoms with van der Waals surface area (Å²) in [4.78, 5) is 7.13. The van der Waals surface area contributed by atoms with Gasteiger partial charge in [-0.1, -0.05) is 17.7 Å². The summed E-state index contributed by atoms with van der Waals surface area (Å²) in [6.45, 7) is 7.10. The lowest BCUT2D eigenvalue weighted by Gasteiger charge is -2.29. The Morgan fingerprint density at radius 3 is 2.72 bits per heavy atom. The number of ether oxygens (including phenoxy) is 1. The Morgan fingerprint density at radius 1 is 1.12 bits per heavy atom. The van der Waals surface area contributed by atoms with Crippen molar-refractivity contribution < 1.29 is 9.84 Å². The van der Waals surface area contributed by atoms with Gasteiger partial charge < -0.3 is 9.84 Å². The quantitative estimate of drug-likeness (QED) is 0.488. The summed E-state index contributed by atoms with van der Waals surface area (Å²) in [5, 5.41) is 19.3. The first-order valence-electron chi connectivity index (χ1n) is 11.0. The van der Waals surface area contributed by atoms with Gasteiger partial charge in [-0.3, -0.25) is 9.30 Å². The lowest BCUT2D eigenvalue weighted by molar-refractivity contribution is 0.0792. The summed E-state index contributed by atoms with van der Waals surface area (Å²) in [6, 6.07) is 11.9. The molecule has 1 aliphatic heterocycles. The predicted molar refractivity (Wildman–Crippen MR) is 125 cm³/mol. The highest BCUT2D eigenvalue weighted by Crippen LogP contribution is 2.33. The van der Waals surface area contributed by atoms with E-state index < -0.39 is 0 Å².